The van der Waals surface area contributed by atoms with Crippen molar-refractivity contribution in [3.63, 3.8) is 0 Å². The number of rotatable bonds is 11. The van der Waals surface area contributed by atoms with Gasteiger partial charge in [-0.1, -0.05) is 23.7 Å². The number of aryl methyl sites for hydroxylation is 2. The molecular formula is C29H42ClN5O3S. The molecule has 2 atom stereocenters. The van der Waals surface area contributed by atoms with Crippen LogP contribution in [0.4, 0.5) is 0 Å². The van der Waals surface area contributed by atoms with Crippen LogP contribution in [0.25, 0.3) is 0 Å². The summed E-state index contributed by atoms with van der Waals surface area (Å²) in [6.45, 7) is 6.12. The quantitative estimate of drug-likeness (QED) is 0.195. The Hall–Kier alpha value is -2.17. The SMILES string of the molecule is Cc1nc(C2CCC(N3C[C@H](/C(N)=C/N(N)CCCCC(=O)O)OC[C@@H]3Cc3ccc(Cl)cc3)CC2)sc1C. The number of hydrogen-bond donors (Lipinski definition) is 3. The monoisotopic (exact) mass is 575 g/mol. The van der Waals surface area contributed by atoms with E-state index in [4.69, 9.17) is 38.0 Å². The second kappa shape index (κ2) is 13.9. The molecule has 1 aromatic heterocycles. The van der Waals surface area contributed by atoms with Crippen LogP contribution in [0.15, 0.2) is 36.2 Å². The van der Waals surface area contributed by atoms with Crippen LogP contribution in [-0.2, 0) is 16.0 Å². The predicted molar refractivity (Wildman–Crippen MR) is 157 cm³/mol. The number of aliphatic carboxylic acids is 1. The Labute approximate surface area is 240 Å². The van der Waals surface area contributed by atoms with Crippen molar-refractivity contribution in [1.29, 1.82) is 0 Å². The van der Waals surface area contributed by atoms with Crippen molar-refractivity contribution in [2.75, 3.05) is 19.7 Å². The minimum absolute atomic E-state index is 0.146. The highest BCUT2D eigenvalue weighted by molar-refractivity contribution is 7.11. The van der Waals surface area contributed by atoms with Crippen LogP contribution in [0, 0.1) is 13.8 Å². The van der Waals surface area contributed by atoms with Gasteiger partial charge in [-0.2, -0.15) is 0 Å². The largest absolute Gasteiger partial charge is 0.481 e. The molecule has 8 nitrogen and oxygen atoms in total. The van der Waals surface area contributed by atoms with Crippen molar-refractivity contribution in [2.24, 2.45) is 11.6 Å². The number of hydrazine groups is 1. The van der Waals surface area contributed by atoms with Crippen LogP contribution < -0.4 is 11.6 Å². The zero-order valence-corrected chi connectivity index (χ0v) is 24.6. The summed E-state index contributed by atoms with van der Waals surface area (Å²) in [6, 6.07) is 8.81. The van der Waals surface area contributed by atoms with Gasteiger partial charge in [-0.05, 0) is 76.5 Å². The van der Waals surface area contributed by atoms with Crippen molar-refractivity contribution >= 4 is 28.9 Å². The molecule has 0 amide bonds. The molecule has 0 radical (unpaired) electrons. The van der Waals surface area contributed by atoms with Crippen molar-refractivity contribution in [3.8, 4) is 0 Å². The molecule has 10 heteroatoms. The molecule has 1 saturated carbocycles. The molecule has 0 spiro atoms. The van der Waals surface area contributed by atoms with Crippen LogP contribution in [0.1, 0.15) is 72.0 Å². The standard InChI is InChI=1S/C29H42ClN5O3S/c1-19-20(2)39-29(33-19)22-8-12-24(13-9-22)35-17-27(26(31)16-34(32)14-4-3-5-28(36)37)38-18-25(35)15-21-6-10-23(30)11-7-21/h6-7,10-11,16,22,24-25,27H,3-5,8-9,12-15,17-18,31-32H2,1-2H3,(H,36,37)/b26-16-/t22?,24?,25-,27+/m0/s1. The first-order valence-electron chi connectivity index (χ1n) is 14.0. The number of hydrogen-bond acceptors (Lipinski definition) is 8. The Kier molecular flexibility index (Phi) is 10.7. The maximum absolute atomic E-state index is 10.7. The molecular weight excluding hydrogens is 534 g/mol. The number of nitrogens with zero attached hydrogens (tertiary/aromatic N) is 3. The molecule has 0 bridgehead atoms. The van der Waals surface area contributed by atoms with Gasteiger partial charge in [0.25, 0.3) is 0 Å². The van der Waals surface area contributed by atoms with E-state index >= 15 is 0 Å². The summed E-state index contributed by atoms with van der Waals surface area (Å²) < 4.78 is 6.30. The lowest BCUT2D eigenvalue weighted by Gasteiger charge is -2.46. The number of carboxylic acid groups (broad SMARTS) is 1. The molecule has 2 heterocycles. The third-order valence-electron chi connectivity index (χ3n) is 8.02. The van der Waals surface area contributed by atoms with Gasteiger partial charge in [0, 0.05) is 53.6 Å². The molecule has 2 aromatic rings. The highest BCUT2D eigenvalue weighted by atomic mass is 35.5. The summed E-state index contributed by atoms with van der Waals surface area (Å²) in [4.78, 5) is 19.5. The lowest BCUT2D eigenvalue weighted by Crippen LogP contribution is -2.56. The Balaban J connectivity index is 1.41. The molecule has 1 aromatic carbocycles. The van der Waals surface area contributed by atoms with E-state index in [0.717, 1.165) is 49.4 Å². The lowest BCUT2D eigenvalue weighted by molar-refractivity contribution is -0.137. The van der Waals surface area contributed by atoms with Crippen LogP contribution in [0.5, 0.6) is 0 Å². The second-order valence-electron chi connectivity index (χ2n) is 10.9. The van der Waals surface area contributed by atoms with Crippen LogP contribution in [0.2, 0.25) is 5.02 Å². The van der Waals surface area contributed by atoms with Crippen molar-refractivity contribution < 1.29 is 14.6 Å². The molecule has 2 fully saturated rings. The first kappa shape index (κ1) is 29.8. The minimum atomic E-state index is -0.789. The first-order chi connectivity index (χ1) is 18.7. The maximum Gasteiger partial charge on any atom is 0.303 e. The van der Waals surface area contributed by atoms with Gasteiger partial charge < -0.3 is 20.6 Å². The van der Waals surface area contributed by atoms with Crippen LogP contribution in [-0.4, -0.2) is 63.9 Å². The highest BCUT2D eigenvalue weighted by Crippen LogP contribution is 2.38. The molecule has 5 N–H and O–H groups in total. The molecule has 1 aliphatic carbocycles. The Bertz CT molecular complexity index is 1100. The van der Waals surface area contributed by atoms with Crippen molar-refractivity contribution in [1.82, 2.24) is 14.9 Å². The van der Waals surface area contributed by atoms with Crippen molar-refractivity contribution in [3.05, 3.63) is 62.3 Å². The molecule has 39 heavy (non-hydrogen) atoms. The smallest absolute Gasteiger partial charge is 0.303 e. The summed E-state index contributed by atoms with van der Waals surface area (Å²) in [7, 11) is 0. The fourth-order valence-electron chi connectivity index (χ4n) is 5.67. The first-order valence-corrected chi connectivity index (χ1v) is 15.1. The number of nitrogens with two attached hydrogens (primary N) is 2. The van der Waals surface area contributed by atoms with Gasteiger partial charge in [-0.15, -0.1) is 11.3 Å². The summed E-state index contributed by atoms with van der Waals surface area (Å²) in [5, 5.41) is 12.4. The lowest BCUT2D eigenvalue weighted by atomic mass is 9.84. The predicted octanol–water partition coefficient (Wildman–Crippen LogP) is 4.98. The number of unbranched alkanes of at least 4 members (excludes halogenated alkanes) is 1. The van der Waals surface area contributed by atoms with E-state index in [1.54, 1.807) is 11.2 Å². The van der Waals surface area contributed by atoms with E-state index in [2.05, 4.69) is 30.9 Å². The Morgan fingerprint density at radius 1 is 1.23 bits per heavy atom. The topological polar surface area (TPSA) is 118 Å². The van der Waals surface area contributed by atoms with E-state index in [9.17, 15) is 4.79 Å². The minimum Gasteiger partial charge on any atom is -0.481 e. The summed E-state index contributed by atoms with van der Waals surface area (Å²) >= 11 is 7.98. The third kappa shape index (κ3) is 8.41. The van der Waals surface area contributed by atoms with Gasteiger partial charge in [0.15, 0.2) is 0 Å². The number of morpholine rings is 1. The molecule has 2 aliphatic rings. The Morgan fingerprint density at radius 3 is 2.59 bits per heavy atom. The van der Waals surface area contributed by atoms with E-state index in [0.29, 0.717) is 43.7 Å². The fraction of sp³-hybridized carbons (Fsp3) is 0.586. The number of carboxylic acids is 1. The van der Waals surface area contributed by atoms with Gasteiger partial charge >= 0.3 is 5.97 Å². The number of ether oxygens (including phenoxy) is 1. The van der Waals surface area contributed by atoms with E-state index in [1.165, 1.54) is 15.4 Å². The number of aromatic nitrogens is 1. The zero-order chi connectivity index (χ0) is 27.9. The van der Waals surface area contributed by atoms with E-state index in [-0.39, 0.29) is 18.6 Å². The molecule has 214 valence electrons. The van der Waals surface area contributed by atoms with Gasteiger partial charge in [0.05, 0.1) is 23.0 Å². The third-order valence-corrected chi connectivity index (χ3v) is 9.51. The normalized spacial score (nSPS) is 24.6. The van der Waals surface area contributed by atoms with Gasteiger partial charge in [0.1, 0.15) is 6.10 Å². The molecule has 1 saturated heterocycles. The number of halogens is 1. The highest BCUT2D eigenvalue weighted by Gasteiger charge is 2.37. The summed E-state index contributed by atoms with van der Waals surface area (Å²) in [6.07, 6.45) is 8.36. The number of thiazole rings is 1. The van der Waals surface area contributed by atoms with Gasteiger partial charge in [0.2, 0.25) is 0 Å². The van der Waals surface area contributed by atoms with Crippen LogP contribution in [0.3, 0.4) is 0 Å². The number of benzene rings is 1. The van der Waals surface area contributed by atoms with E-state index in [1.807, 2.05) is 23.5 Å². The molecule has 1 aliphatic heterocycles. The van der Waals surface area contributed by atoms with Gasteiger partial charge in [-0.25, -0.2) is 10.8 Å². The molecule has 0 unspecified atom stereocenters. The fourth-order valence-corrected chi connectivity index (χ4v) is 6.89. The maximum atomic E-state index is 10.7. The zero-order valence-electron chi connectivity index (χ0n) is 23.0. The summed E-state index contributed by atoms with van der Waals surface area (Å²) in [5.41, 5.74) is 9.51. The van der Waals surface area contributed by atoms with Crippen molar-refractivity contribution in [2.45, 2.75) is 89.3 Å². The Morgan fingerprint density at radius 2 is 1.95 bits per heavy atom. The summed E-state index contributed by atoms with van der Waals surface area (Å²) in [5.74, 6) is 5.90. The second-order valence-corrected chi connectivity index (χ2v) is 12.6. The number of carbonyl (C=O) groups is 1. The molecule has 4 rings (SSSR count). The van der Waals surface area contributed by atoms with E-state index < -0.39 is 5.97 Å². The van der Waals surface area contributed by atoms with Gasteiger partial charge in [-0.3, -0.25) is 9.69 Å². The average molecular weight is 576 g/mol. The van der Waals surface area contributed by atoms with Crippen LogP contribution >= 0.6 is 22.9 Å². The average Bonchev–Trinajstić information content (AvgIpc) is 3.26.